The fraction of sp³-hybridized carbons (Fsp3) is 0.294. The molecular weight excluding hydrogens is 755 g/mol. The van der Waals surface area contributed by atoms with Gasteiger partial charge in [-0.3, -0.25) is 14.5 Å². The fourth-order valence-electron chi connectivity index (χ4n) is 5.22. The fourth-order valence-corrected chi connectivity index (χ4v) is 6.43. The second-order valence-electron chi connectivity index (χ2n) is 11.5. The number of amides is 2. The lowest BCUT2D eigenvalue weighted by Gasteiger charge is -2.26. The molecular formula is C34H30F6N4O7S2. The first-order valence-electron chi connectivity index (χ1n) is 15.6. The first-order valence-corrected chi connectivity index (χ1v) is 16.9. The molecule has 5 rings (SSSR count). The summed E-state index contributed by atoms with van der Waals surface area (Å²) in [4.78, 5) is 39.6. The van der Waals surface area contributed by atoms with Crippen molar-refractivity contribution in [1.82, 2.24) is 15.3 Å². The summed E-state index contributed by atoms with van der Waals surface area (Å²) in [7, 11) is 1.29. The number of alkyl halides is 6. The lowest BCUT2D eigenvalue weighted by molar-refractivity contribution is -0.143. The van der Waals surface area contributed by atoms with Gasteiger partial charge in [-0.05, 0) is 65.7 Å². The molecule has 0 saturated carbocycles. The number of hydrogen-bond donors (Lipinski definition) is 3. The molecule has 282 valence electrons. The van der Waals surface area contributed by atoms with Gasteiger partial charge >= 0.3 is 18.3 Å². The number of carboxylic acids is 1. The quantitative estimate of drug-likeness (QED) is 0.111. The Balaban J connectivity index is 1.39. The number of carbonyl (C=O) groups is 3. The second-order valence-corrected chi connectivity index (χ2v) is 13.1. The van der Waals surface area contributed by atoms with E-state index < -0.39 is 47.8 Å². The molecule has 3 aromatic rings. The number of anilines is 1. The van der Waals surface area contributed by atoms with Gasteiger partial charge in [0.25, 0.3) is 5.91 Å². The van der Waals surface area contributed by atoms with Crippen LogP contribution in [0.15, 0.2) is 59.5 Å². The average Bonchev–Trinajstić information content (AvgIpc) is 3.38. The Morgan fingerprint density at radius 2 is 1.64 bits per heavy atom. The van der Waals surface area contributed by atoms with Crippen LogP contribution in [0.1, 0.15) is 27.0 Å². The largest absolute Gasteiger partial charge is 0.495 e. The number of nitrogens with zero attached hydrogens (tertiary/aromatic N) is 2. The van der Waals surface area contributed by atoms with Crippen molar-refractivity contribution in [2.24, 2.45) is 0 Å². The number of hydrogen-bond acceptors (Lipinski definition) is 10. The van der Waals surface area contributed by atoms with Gasteiger partial charge in [0, 0.05) is 25.2 Å². The van der Waals surface area contributed by atoms with Crippen molar-refractivity contribution in [2.75, 3.05) is 58.4 Å². The monoisotopic (exact) mass is 784 g/mol. The number of nitrogens with one attached hydrogen (secondary N) is 2. The maximum absolute atomic E-state index is 13.7. The smallest absolute Gasteiger partial charge is 0.416 e. The Bertz CT molecular complexity index is 1900. The average molecular weight is 785 g/mol. The van der Waals surface area contributed by atoms with Crippen LogP contribution in [0.4, 0.5) is 32.0 Å². The summed E-state index contributed by atoms with van der Waals surface area (Å²) in [6.45, 7) is 2.63. The molecule has 2 heterocycles. The lowest BCUT2D eigenvalue weighted by Crippen LogP contribution is -2.45. The van der Waals surface area contributed by atoms with Gasteiger partial charge in [-0.15, -0.1) is 0 Å². The van der Waals surface area contributed by atoms with E-state index in [2.05, 4.69) is 15.6 Å². The summed E-state index contributed by atoms with van der Waals surface area (Å²) in [5.41, 5.74) is -0.455. The molecule has 2 aliphatic heterocycles. The Kier molecular flexibility index (Phi) is 12.3. The molecule has 53 heavy (non-hydrogen) atoms. The predicted molar refractivity (Wildman–Crippen MR) is 186 cm³/mol. The zero-order valence-corrected chi connectivity index (χ0v) is 29.2. The number of carboxylic acid groups (broad SMARTS) is 1. The van der Waals surface area contributed by atoms with Crippen LogP contribution in [0.25, 0.3) is 17.2 Å². The third kappa shape index (κ3) is 10.0. The Labute approximate surface area is 307 Å². The molecule has 2 fully saturated rings. The zero-order valence-electron chi connectivity index (χ0n) is 27.6. The summed E-state index contributed by atoms with van der Waals surface area (Å²) < 4.78 is 98.4. The van der Waals surface area contributed by atoms with Crippen LogP contribution in [0.2, 0.25) is 0 Å². The minimum absolute atomic E-state index is 0.00363. The number of morpholine rings is 1. The van der Waals surface area contributed by atoms with Gasteiger partial charge in [0.1, 0.15) is 18.1 Å². The van der Waals surface area contributed by atoms with Crippen molar-refractivity contribution in [2.45, 2.75) is 12.4 Å². The Morgan fingerprint density at radius 3 is 2.26 bits per heavy atom. The van der Waals surface area contributed by atoms with Crippen molar-refractivity contribution in [3.63, 3.8) is 0 Å². The van der Waals surface area contributed by atoms with E-state index in [1.54, 1.807) is 0 Å². The van der Waals surface area contributed by atoms with Gasteiger partial charge in [-0.2, -0.15) is 26.3 Å². The molecule has 0 unspecified atom stereocenters. The van der Waals surface area contributed by atoms with E-state index in [4.69, 9.17) is 26.4 Å². The van der Waals surface area contributed by atoms with E-state index in [0.717, 1.165) is 16.8 Å². The predicted octanol–water partition coefficient (Wildman–Crippen LogP) is 6.15. The first kappa shape index (κ1) is 39.5. The van der Waals surface area contributed by atoms with E-state index in [0.29, 0.717) is 45.0 Å². The molecule has 2 amide bonds. The first-order chi connectivity index (χ1) is 25.0. The molecule has 11 nitrogen and oxygen atoms in total. The van der Waals surface area contributed by atoms with Crippen LogP contribution in [-0.2, 0) is 26.7 Å². The van der Waals surface area contributed by atoms with Crippen molar-refractivity contribution in [3.05, 3.63) is 81.8 Å². The van der Waals surface area contributed by atoms with Crippen LogP contribution in [0.3, 0.4) is 0 Å². The molecule has 3 N–H and O–H groups in total. The number of thiocarbonyl (C=S) groups is 1. The lowest BCUT2D eigenvalue weighted by atomic mass is 9.97. The molecule has 2 saturated heterocycles. The van der Waals surface area contributed by atoms with E-state index >= 15 is 0 Å². The van der Waals surface area contributed by atoms with Gasteiger partial charge in [-0.1, -0.05) is 30.0 Å². The second kappa shape index (κ2) is 16.5. The van der Waals surface area contributed by atoms with Crippen LogP contribution in [-0.4, -0.2) is 90.2 Å². The summed E-state index contributed by atoms with van der Waals surface area (Å²) in [6.07, 6.45) is -8.77. The SMILES string of the molecule is COc1cc(C(=O)O)ccc1NC(=O)CNN1C(=O)/C(=C/c2cc(-c3cc(C(F)(F)F)cc(C(F)(F)F)c3)ccc2OCCN2CCOCC2)SC1=S. The molecule has 3 aromatic carbocycles. The highest BCUT2D eigenvalue weighted by Gasteiger charge is 2.37. The third-order valence-electron chi connectivity index (χ3n) is 7.90. The van der Waals surface area contributed by atoms with E-state index in [1.807, 2.05) is 0 Å². The Morgan fingerprint density at radius 1 is 0.962 bits per heavy atom. The number of halogens is 6. The van der Waals surface area contributed by atoms with Gasteiger partial charge in [0.2, 0.25) is 5.91 Å². The maximum Gasteiger partial charge on any atom is 0.416 e. The van der Waals surface area contributed by atoms with Crippen LogP contribution in [0, 0.1) is 0 Å². The van der Waals surface area contributed by atoms with Crippen molar-refractivity contribution in [3.8, 4) is 22.6 Å². The molecule has 0 radical (unpaired) electrons. The van der Waals surface area contributed by atoms with Crippen molar-refractivity contribution in [1.29, 1.82) is 0 Å². The van der Waals surface area contributed by atoms with E-state index in [-0.39, 0.29) is 61.3 Å². The summed E-state index contributed by atoms with van der Waals surface area (Å²) in [5, 5.41) is 12.7. The molecule has 0 bridgehead atoms. The van der Waals surface area contributed by atoms with E-state index in [1.165, 1.54) is 49.6 Å². The zero-order chi connectivity index (χ0) is 38.5. The number of hydrazine groups is 1. The number of benzene rings is 3. The number of thioether (sulfide) groups is 1. The molecule has 0 spiro atoms. The Hall–Kier alpha value is -4.69. The highest BCUT2D eigenvalue weighted by molar-refractivity contribution is 8.26. The highest BCUT2D eigenvalue weighted by Crippen LogP contribution is 2.40. The normalized spacial score (nSPS) is 16.3. The van der Waals surface area contributed by atoms with Crippen LogP contribution in [0.5, 0.6) is 11.5 Å². The topological polar surface area (TPSA) is 130 Å². The van der Waals surface area contributed by atoms with Gasteiger partial charge < -0.3 is 24.6 Å². The third-order valence-corrected chi connectivity index (χ3v) is 9.20. The van der Waals surface area contributed by atoms with Crippen molar-refractivity contribution >= 4 is 57.8 Å². The number of rotatable bonds is 12. The van der Waals surface area contributed by atoms with Gasteiger partial charge in [0.15, 0.2) is 4.32 Å². The minimum atomic E-state index is -5.06. The summed E-state index contributed by atoms with van der Waals surface area (Å²) in [6, 6.07) is 9.11. The number of methoxy groups -OCH3 is 1. The molecule has 0 atom stereocenters. The summed E-state index contributed by atoms with van der Waals surface area (Å²) in [5.74, 6) is -2.26. The van der Waals surface area contributed by atoms with Crippen LogP contribution < -0.4 is 20.2 Å². The molecule has 0 aliphatic carbocycles. The van der Waals surface area contributed by atoms with Gasteiger partial charge in [0.05, 0.1) is 54.2 Å². The van der Waals surface area contributed by atoms with E-state index in [9.17, 15) is 45.8 Å². The molecule has 0 aromatic heterocycles. The summed E-state index contributed by atoms with van der Waals surface area (Å²) >= 11 is 6.18. The van der Waals surface area contributed by atoms with Crippen molar-refractivity contribution < 1.29 is 60.0 Å². The van der Waals surface area contributed by atoms with Gasteiger partial charge in [-0.25, -0.2) is 15.2 Å². The number of carbonyl (C=O) groups excluding carboxylic acids is 2. The number of ether oxygens (including phenoxy) is 3. The maximum atomic E-state index is 13.7. The highest BCUT2D eigenvalue weighted by atomic mass is 32.2. The van der Waals surface area contributed by atoms with Crippen LogP contribution >= 0.6 is 24.0 Å². The minimum Gasteiger partial charge on any atom is -0.495 e. The standard InChI is InChI=1S/C34H30F6N4O7S2/c1-49-27-15-20(31(47)48)2-4-25(27)42-29(45)18-41-44-30(46)28(53-32(44)52)16-22-12-19(3-5-26(22)51-11-8-43-6-9-50-10-7-43)21-13-23(33(35,36)37)17-24(14-21)34(38,39)40/h2-5,12-17,41H,6-11,18H2,1H3,(H,42,45)(H,47,48)/b28-16-. The molecule has 19 heteroatoms. The molecule has 2 aliphatic rings. The number of aromatic carboxylic acids is 1.